The van der Waals surface area contributed by atoms with Crippen LogP contribution in [0.3, 0.4) is 0 Å². The van der Waals surface area contributed by atoms with Crippen LogP contribution in [0, 0.1) is 0 Å². The van der Waals surface area contributed by atoms with Crippen LogP contribution in [0.1, 0.15) is 20.7 Å². The molecule has 0 saturated carbocycles. The molecule has 0 heterocycles. The molecule has 0 radical (unpaired) electrons. The quantitative estimate of drug-likeness (QED) is 0.297. The van der Waals surface area contributed by atoms with E-state index in [1.165, 1.54) is 0 Å². The molecule has 0 spiro atoms. The predicted octanol–water partition coefficient (Wildman–Crippen LogP) is 3.93. The number of hydrogen-bond acceptors (Lipinski definition) is 4. The molecule has 7 heteroatoms. The summed E-state index contributed by atoms with van der Waals surface area (Å²) in [6.07, 6.45) is 0. The summed E-state index contributed by atoms with van der Waals surface area (Å²) < 4.78 is 1.77. The van der Waals surface area contributed by atoms with Crippen molar-refractivity contribution in [1.82, 2.24) is 0 Å². The van der Waals surface area contributed by atoms with Gasteiger partial charge in [0.05, 0.1) is 11.9 Å². The van der Waals surface area contributed by atoms with E-state index in [-0.39, 0.29) is 38.8 Å². The van der Waals surface area contributed by atoms with Gasteiger partial charge in [0, 0.05) is 20.1 Å². The third-order valence-electron chi connectivity index (χ3n) is 4.18. The molecule has 0 bridgehead atoms. The Morgan fingerprint density at radius 1 is 0.552 bits per heavy atom. The SMILES string of the molecule is O=C([O-])c1cccc2c(Br)cccc12.O=C([O-])c1cccc2c(Br)cccc12.[Hg+2]. The number of carbonyl (C=O) groups excluding carboxylic acids is 2. The van der Waals surface area contributed by atoms with Gasteiger partial charge < -0.3 is 19.8 Å². The Labute approximate surface area is 204 Å². The van der Waals surface area contributed by atoms with E-state index in [0.717, 1.165) is 19.7 Å². The minimum absolute atomic E-state index is 0. The van der Waals surface area contributed by atoms with Crippen molar-refractivity contribution in [3.8, 4) is 0 Å². The Morgan fingerprint density at radius 2 is 0.862 bits per heavy atom. The van der Waals surface area contributed by atoms with Crippen LogP contribution in [0.25, 0.3) is 21.5 Å². The van der Waals surface area contributed by atoms with Crippen LogP contribution < -0.4 is 10.2 Å². The molecule has 140 valence electrons. The van der Waals surface area contributed by atoms with E-state index >= 15 is 0 Å². The summed E-state index contributed by atoms with van der Waals surface area (Å²) in [5, 5.41) is 24.8. The van der Waals surface area contributed by atoms with Crippen molar-refractivity contribution in [3.63, 3.8) is 0 Å². The van der Waals surface area contributed by atoms with Crippen molar-refractivity contribution in [3.05, 3.63) is 92.9 Å². The largest absolute Gasteiger partial charge is 2.00 e. The van der Waals surface area contributed by atoms with Crippen molar-refractivity contribution >= 4 is 65.3 Å². The Hall–Kier alpha value is -1.76. The summed E-state index contributed by atoms with van der Waals surface area (Å²) in [4.78, 5) is 21.6. The summed E-state index contributed by atoms with van der Waals surface area (Å²) in [5.74, 6) is -2.29. The molecule has 0 aliphatic rings. The summed E-state index contributed by atoms with van der Waals surface area (Å²) in [6, 6.07) is 21.1. The first-order valence-corrected chi connectivity index (χ1v) is 9.76. The van der Waals surface area contributed by atoms with Crippen LogP contribution in [0.4, 0.5) is 0 Å². The zero-order valence-corrected chi connectivity index (χ0v) is 23.7. The molecule has 0 N–H and O–H groups in total. The molecular formula is C22H12Br2HgO4. The molecule has 0 aliphatic heterocycles. The molecular weight excluding hydrogens is 689 g/mol. The number of hydrogen-bond donors (Lipinski definition) is 0. The van der Waals surface area contributed by atoms with E-state index in [1.54, 1.807) is 48.5 Å². The molecule has 29 heavy (non-hydrogen) atoms. The minimum atomic E-state index is -1.14. The van der Waals surface area contributed by atoms with Crippen molar-refractivity contribution in [2.45, 2.75) is 0 Å². The van der Waals surface area contributed by atoms with Gasteiger partial charge in [-0.1, -0.05) is 92.5 Å². The van der Waals surface area contributed by atoms with Crippen LogP contribution in [0.5, 0.6) is 0 Å². The van der Waals surface area contributed by atoms with Crippen molar-refractivity contribution < 1.29 is 47.5 Å². The summed E-state index contributed by atoms with van der Waals surface area (Å²) in [6.45, 7) is 0. The average Bonchev–Trinajstić information content (AvgIpc) is 2.68. The Balaban J connectivity index is 0.000000200. The summed E-state index contributed by atoms with van der Waals surface area (Å²) in [5.41, 5.74) is 0.451. The van der Waals surface area contributed by atoms with Crippen LogP contribution in [0.15, 0.2) is 81.7 Å². The first-order chi connectivity index (χ1) is 13.4. The Bertz CT molecular complexity index is 1110. The number of rotatable bonds is 2. The molecule has 4 aromatic carbocycles. The maximum atomic E-state index is 10.8. The molecule has 0 aromatic heterocycles. The van der Waals surface area contributed by atoms with Gasteiger partial charge in [-0.05, 0) is 33.7 Å². The molecule has 4 rings (SSSR count). The maximum absolute atomic E-state index is 10.8. The summed E-state index contributed by atoms with van der Waals surface area (Å²) >= 11 is 6.73. The number of fused-ring (bicyclic) bond motifs is 2. The normalized spacial score (nSPS) is 10.0. The number of benzene rings is 4. The van der Waals surface area contributed by atoms with Crippen molar-refractivity contribution in [1.29, 1.82) is 0 Å². The van der Waals surface area contributed by atoms with E-state index in [2.05, 4.69) is 31.9 Å². The molecule has 0 unspecified atom stereocenters. The Morgan fingerprint density at radius 3 is 1.21 bits per heavy atom. The van der Waals surface area contributed by atoms with Gasteiger partial charge in [0.1, 0.15) is 0 Å². The second-order valence-electron chi connectivity index (χ2n) is 5.86. The minimum Gasteiger partial charge on any atom is -0.545 e. The summed E-state index contributed by atoms with van der Waals surface area (Å²) in [7, 11) is 0. The Kier molecular flexibility index (Phi) is 8.37. The van der Waals surface area contributed by atoms with E-state index < -0.39 is 11.9 Å². The number of carbonyl (C=O) groups is 2. The maximum Gasteiger partial charge on any atom is 2.00 e. The fourth-order valence-electron chi connectivity index (χ4n) is 2.90. The zero-order chi connectivity index (χ0) is 20.3. The number of carboxylic acid groups (broad SMARTS) is 2. The van der Waals surface area contributed by atoms with Gasteiger partial charge >= 0.3 is 27.7 Å². The van der Waals surface area contributed by atoms with E-state index in [9.17, 15) is 19.8 Å². The second kappa shape index (κ2) is 10.3. The van der Waals surface area contributed by atoms with Crippen LogP contribution >= 0.6 is 31.9 Å². The monoisotopic (exact) mass is 700 g/mol. The first kappa shape index (κ1) is 23.5. The number of halogens is 2. The van der Waals surface area contributed by atoms with Gasteiger partial charge in [0.2, 0.25) is 0 Å². The third-order valence-corrected chi connectivity index (χ3v) is 5.56. The van der Waals surface area contributed by atoms with Gasteiger partial charge in [-0.3, -0.25) is 0 Å². The smallest absolute Gasteiger partial charge is 0.545 e. The molecule has 0 amide bonds. The van der Waals surface area contributed by atoms with Crippen LogP contribution in [-0.4, -0.2) is 11.9 Å². The molecule has 0 fully saturated rings. The van der Waals surface area contributed by atoms with Crippen LogP contribution in [-0.2, 0) is 27.7 Å². The fraction of sp³-hybridized carbons (Fsp3) is 0. The molecule has 0 saturated heterocycles. The van der Waals surface area contributed by atoms with Crippen molar-refractivity contribution in [2.24, 2.45) is 0 Å². The van der Waals surface area contributed by atoms with E-state index in [4.69, 9.17) is 0 Å². The fourth-order valence-corrected chi connectivity index (χ4v) is 3.90. The first-order valence-electron chi connectivity index (χ1n) is 8.17. The standard InChI is InChI=1S/2C11H7BrO2.Hg/c2*12-10-6-2-3-7-8(10)4-1-5-9(7)11(13)14;/h2*1-6H,(H,13,14);/q;;+2/p-2. The van der Waals surface area contributed by atoms with Gasteiger partial charge in [-0.25, -0.2) is 0 Å². The van der Waals surface area contributed by atoms with Crippen molar-refractivity contribution in [2.75, 3.05) is 0 Å². The van der Waals surface area contributed by atoms with E-state index in [0.29, 0.717) is 10.8 Å². The average molecular weight is 701 g/mol. The second-order valence-corrected chi connectivity index (χ2v) is 7.56. The molecule has 4 nitrogen and oxygen atoms in total. The molecule has 0 aliphatic carbocycles. The van der Waals surface area contributed by atoms with Gasteiger partial charge in [-0.15, -0.1) is 0 Å². The predicted molar refractivity (Wildman–Crippen MR) is 112 cm³/mol. The number of carboxylic acids is 2. The topological polar surface area (TPSA) is 80.3 Å². The van der Waals surface area contributed by atoms with E-state index in [1.807, 2.05) is 24.3 Å². The van der Waals surface area contributed by atoms with Crippen LogP contribution in [0.2, 0.25) is 0 Å². The van der Waals surface area contributed by atoms with Gasteiger partial charge in [0.15, 0.2) is 0 Å². The number of aromatic carboxylic acids is 2. The zero-order valence-electron chi connectivity index (χ0n) is 15.0. The third kappa shape index (κ3) is 5.24. The molecule has 0 atom stereocenters. The van der Waals surface area contributed by atoms with Gasteiger partial charge in [-0.2, -0.15) is 0 Å². The van der Waals surface area contributed by atoms with Gasteiger partial charge in [0.25, 0.3) is 0 Å². The molecule has 4 aromatic rings.